The van der Waals surface area contributed by atoms with Crippen molar-refractivity contribution in [1.29, 1.82) is 0 Å². The lowest BCUT2D eigenvalue weighted by atomic mass is 9.84. The van der Waals surface area contributed by atoms with Gasteiger partial charge in [0.15, 0.2) is 0 Å². The van der Waals surface area contributed by atoms with Crippen LogP contribution in [0.15, 0.2) is 180 Å². The fourth-order valence-corrected chi connectivity index (χ4v) is 8.79. The van der Waals surface area contributed by atoms with Crippen molar-refractivity contribution >= 4 is 80.6 Å². The molecule has 0 unspecified atom stereocenters. The standard InChI is InChI=1S/C48H29Br/c49-48-43-23-11-9-21-41(43)47(42-22-10-12-24-44(42)48)36-28-34(45-37-17-5-1-13-30(37)25-31-14-2-6-18-38(31)45)27-35(29-36)46-39-19-7-3-15-32(39)26-33-16-4-8-20-40(33)46/h1-29H. The number of fused-ring (bicyclic) bond motifs is 6. The molecule has 0 fully saturated rings. The molecule has 0 nitrogen and oxygen atoms in total. The highest BCUT2D eigenvalue weighted by Crippen LogP contribution is 2.47. The van der Waals surface area contributed by atoms with Crippen LogP contribution in [0.4, 0.5) is 0 Å². The highest BCUT2D eigenvalue weighted by atomic mass is 79.9. The van der Waals surface area contributed by atoms with E-state index in [4.69, 9.17) is 0 Å². The first-order chi connectivity index (χ1) is 24.2. The predicted molar refractivity (Wildman–Crippen MR) is 215 cm³/mol. The fraction of sp³-hybridized carbons (Fsp3) is 0. The van der Waals surface area contributed by atoms with E-state index in [0.717, 1.165) is 4.47 Å². The molecule has 0 radical (unpaired) electrons. The van der Waals surface area contributed by atoms with Crippen LogP contribution in [0, 0.1) is 0 Å². The summed E-state index contributed by atoms with van der Waals surface area (Å²) in [6.45, 7) is 0. The van der Waals surface area contributed by atoms with E-state index in [1.54, 1.807) is 0 Å². The smallest absolute Gasteiger partial charge is 0.0332 e. The topological polar surface area (TPSA) is 0 Å². The molecule has 0 aromatic heterocycles. The zero-order valence-corrected chi connectivity index (χ0v) is 28.2. The molecule has 0 spiro atoms. The second-order valence-corrected chi connectivity index (χ2v) is 13.8. The van der Waals surface area contributed by atoms with Crippen LogP contribution in [0.25, 0.3) is 98.0 Å². The van der Waals surface area contributed by atoms with E-state index < -0.39 is 0 Å². The van der Waals surface area contributed by atoms with Gasteiger partial charge >= 0.3 is 0 Å². The van der Waals surface area contributed by atoms with Crippen LogP contribution in [-0.4, -0.2) is 0 Å². The molecule has 10 aromatic rings. The van der Waals surface area contributed by atoms with Gasteiger partial charge in [-0.2, -0.15) is 0 Å². The molecule has 0 heterocycles. The Balaban J connectivity index is 1.42. The van der Waals surface area contributed by atoms with E-state index in [-0.39, 0.29) is 0 Å². The van der Waals surface area contributed by atoms with Crippen LogP contribution in [0.3, 0.4) is 0 Å². The van der Waals surface area contributed by atoms with Gasteiger partial charge in [-0.25, -0.2) is 0 Å². The quantitative estimate of drug-likeness (QED) is 0.162. The summed E-state index contributed by atoms with van der Waals surface area (Å²) in [4.78, 5) is 0. The van der Waals surface area contributed by atoms with Gasteiger partial charge in [-0.15, -0.1) is 0 Å². The maximum Gasteiger partial charge on any atom is 0.0332 e. The van der Waals surface area contributed by atoms with Gasteiger partial charge in [0.05, 0.1) is 0 Å². The minimum Gasteiger partial charge on any atom is -0.0616 e. The molecule has 0 aliphatic rings. The highest BCUT2D eigenvalue weighted by molar-refractivity contribution is 9.10. The number of hydrogen-bond acceptors (Lipinski definition) is 0. The molecule has 0 bridgehead atoms. The Labute approximate surface area is 293 Å². The van der Waals surface area contributed by atoms with Gasteiger partial charge < -0.3 is 0 Å². The SMILES string of the molecule is Brc1c2ccccc2c(-c2cc(-c3c4ccccc4cc4ccccc34)cc(-c3c4ccccc4cc4ccccc34)c2)c2ccccc12. The monoisotopic (exact) mass is 684 g/mol. The Kier molecular flexibility index (Phi) is 6.44. The maximum atomic E-state index is 4.00. The number of hydrogen-bond donors (Lipinski definition) is 0. The van der Waals surface area contributed by atoms with Crippen molar-refractivity contribution in [3.63, 3.8) is 0 Å². The van der Waals surface area contributed by atoms with Gasteiger partial charge in [-0.3, -0.25) is 0 Å². The predicted octanol–water partition coefficient (Wildman–Crippen LogP) is 14.4. The third kappa shape index (κ3) is 4.43. The van der Waals surface area contributed by atoms with Gasteiger partial charge in [0.1, 0.15) is 0 Å². The van der Waals surface area contributed by atoms with Crippen LogP contribution >= 0.6 is 15.9 Å². The average Bonchev–Trinajstić information content (AvgIpc) is 3.16. The van der Waals surface area contributed by atoms with E-state index in [1.165, 1.54) is 98.0 Å². The normalized spacial score (nSPS) is 11.8. The largest absolute Gasteiger partial charge is 0.0616 e. The second-order valence-electron chi connectivity index (χ2n) is 13.0. The van der Waals surface area contributed by atoms with Crippen LogP contribution in [0.5, 0.6) is 0 Å². The van der Waals surface area contributed by atoms with Crippen molar-refractivity contribution in [2.24, 2.45) is 0 Å². The highest BCUT2D eigenvalue weighted by Gasteiger charge is 2.19. The van der Waals surface area contributed by atoms with Gasteiger partial charge in [-0.1, -0.05) is 146 Å². The Morgan fingerprint density at radius 2 is 0.490 bits per heavy atom. The number of benzene rings is 10. The summed E-state index contributed by atoms with van der Waals surface area (Å²) in [6.07, 6.45) is 0. The van der Waals surface area contributed by atoms with Gasteiger partial charge in [0, 0.05) is 4.47 Å². The zero-order chi connectivity index (χ0) is 32.5. The van der Waals surface area contributed by atoms with E-state index >= 15 is 0 Å². The molecule has 0 aliphatic carbocycles. The van der Waals surface area contributed by atoms with Crippen molar-refractivity contribution in [3.8, 4) is 33.4 Å². The summed E-state index contributed by atoms with van der Waals surface area (Å²) in [6, 6.07) is 64.9. The van der Waals surface area contributed by atoms with E-state index in [2.05, 4.69) is 192 Å². The van der Waals surface area contributed by atoms with Crippen LogP contribution in [0.1, 0.15) is 0 Å². The molecule has 0 saturated carbocycles. The Morgan fingerprint density at radius 3 is 0.816 bits per heavy atom. The average molecular weight is 686 g/mol. The van der Waals surface area contributed by atoms with Crippen molar-refractivity contribution in [2.75, 3.05) is 0 Å². The van der Waals surface area contributed by atoms with Gasteiger partial charge in [0.25, 0.3) is 0 Å². The molecule has 0 atom stereocenters. The minimum atomic E-state index is 1.14. The summed E-state index contributed by atoms with van der Waals surface area (Å²) in [5.41, 5.74) is 7.44. The van der Waals surface area contributed by atoms with Crippen molar-refractivity contribution in [2.45, 2.75) is 0 Å². The molecule has 10 rings (SSSR count). The van der Waals surface area contributed by atoms with Crippen molar-refractivity contribution in [1.82, 2.24) is 0 Å². The first kappa shape index (κ1) is 28.3. The first-order valence-corrected chi connectivity index (χ1v) is 17.6. The van der Waals surface area contributed by atoms with Crippen molar-refractivity contribution in [3.05, 3.63) is 180 Å². The maximum absolute atomic E-state index is 4.00. The third-order valence-electron chi connectivity index (χ3n) is 10.2. The molecular formula is C48H29Br. The lowest BCUT2D eigenvalue weighted by molar-refractivity contribution is 1.63. The Morgan fingerprint density at radius 1 is 0.245 bits per heavy atom. The van der Waals surface area contributed by atoms with Crippen LogP contribution in [0.2, 0.25) is 0 Å². The van der Waals surface area contributed by atoms with E-state index in [9.17, 15) is 0 Å². The lowest BCUT2D eigenvalue weighted by Gasteiger charge is -2.20. The van der Waals surface area contributed by atoms with E-state index in [1.807, 2.05) is 0 Å². The number of halogens is 1. The first-order valence-electron chi connectivity index (χ1n) is 16.8. The molecule has 0 amide bonds. The summed E-state index contributed by atoms with van der Waals surface area (Å²) < 4.78 is 1.14. The summed E-state index contributed by atoms with van der Waals surface area (Å²) in [7, 11) is 0. The molecular weight excluding hydrogens is 656 g/mol. The second kappa shape index (κ2) is 11.2. The van der Waals surface area contributed by atoms with Crippen molar-refractivity contribution < 1.29 is 0 Å². The van der Waals surface area contributed by atoms with Gasteiger partial charge in [0.2, 0.25) is 0 Å². The minimum absolute atomic E-state index is 1.14. The molecule has 0 saturated heterocycles. The molecule has 0 aliphatic heterocycles. The molecule has 49 heavy (non-hydrogen) atoms. The molecule has 228 valence electrons. The summed E-state index contributed by atoms with van der Waals surface area (Å²) in [5, 5.41) is 14.9. The molecule has 10 aromatic carbocycles. The molecule has 1 heteroatoms. The Bertz CT molecular complexity index is 2650. The Hall–Kier alpha value is -5.76. The zero-order valence-electron chi connectivity index (χ0n) is 26.6. The third-order valence-corrected chi connectivity index (χ3v) is 11.1. The fourth-order valence-electron chi connectivity index (χ4n) is 8.10. The summed E-state index contributed by atoms with van der Waals surface area (Å²) >= 11 is 4.00. The lowest BCUT2D eigenvalue weighted by Crippen LogP contribution is -1.93. The van der Waals surface area contributed by atoms with Gasteiger partial charge in [-0.05, 0) is 144 Å². The van der Waals surface area contributed by atoms with Crippen LogP contribution in [-0.2, 0) is 0 Å². The molecule has 0 N–H and O–H groups in total. The number of rotatable bonds is 3. The summed E-state index contributed by atoms with van der Waals surface area (Å²) in [5.74, 6) is 0. The van der Waals surface area contributed by atoms with Crippen LogP contribution < -0.4 is 0 Å². The van der Waals surface area contributed by atoms with E-state index in [0.29, 0.717) is 0 Å².